The topological polar surface area (TPSA) is 75.6 Å². The van der Waals surface area contributed by atoms with Gasteiger partial charge >= 0.3 is 12.1 Å². The zero-order valence-corrected chi connectivity index (χ0v) is 12.9. The maximum Gasteiger partial charge on any atom is 0.407 e. The van der Waals surface area contributed by atoms with Gasteiger partial charge in [-0.3, -0.25) is 4.79 Å². The molecule has 0 unspecified atom stereocenters. The lowest BCUT2D eigenvalue weighted by atomic mass is 10.0. The van der Waals surface area contributed by atoms with Gasteiger partial charge in [0.25, 0.3) is 0 Å². The van der Waals surface area contributed by atoms with Gasteiger partial charge < -0.3 is 15.2 Å². The highest BCUT2D eigenvalue weighted by atomic mass is 19.1. The molecule has 0 radical (unpaired) electrons. The van der Waals surface area contributed by atoms with Gasteiger partial charge in [-0.1, -0.05) is 18.2 Å². The van der Waals surface area contributed by atoms with E-state index in [1.807, 2.05) is 0 Å². The monoisotopic (exact) mass is 309 g/mol. The number of carbonyl (C=O) groups excluding carboxylic acids is 1. The number of halogens is 1. The highest BCUT2D eigenvalue weighted by Crippen LogP contribution is 2.14. The summed E-state index contributed by atoms with van der Waals surface area (Å²) in [5, 5.41) is 11.4. The number of hydrogen-bond donors (Lipinski definition) is 2. The second-order valence-electron chi connectivity index (χ2n) is 5.70. The Bertz CT molecular complexity index is 576. The van der Waals surface area contributed by atoms with Crippen LogP contribution in [0, 0.1) is 5.82 Å². The third-order valence-electron chi connectivity index (χ3n) is 2.51. The number of alkyl carbamates (subject to hydrolysis) is 1. The summed E-state index contributed by atoms with van der Waals surface area (Å²) in [5.41, 5.74) is 0.398. The predicted molar refractivity (Wildman–Crippen MR) is 81.0 cm³/mol. The first-order valence-electron chi connectivity index (χ1n) is 6.81. The van der Waals surface area contributed by atoms with Gasteiger partial charge in [0.2, 0.25) is 0 Å². The summed E-state index contributed by atoms with van der Waals surface area (Å²) >= 11 is 0. The second kappa shape index (κ2) is 7.59. The molecule has 1 aromatic carbocycles. The third kappa shape index (κ3) is 6.88. The molecule has 0 aliphatic heterocycles. The molecule has 0 aromatic heterocycles. The summed E-state index contributed by atoms with van der Waals surface area (Å²) < 4.78 is 18.2. The van der Waals surface area contributed by atoms with Crippen molar-refractivity contribution in [3.63, 3.8) is 0 Å². The Balaban J connectivity index is 2.63. The summed E-state index contributed by atoms with van der Waals surface area (Å²) in [6.07, 6.45) is 2.47. The SMILES string of the molecule is CC(C)(C)OC(=O)NCC=Cc1ccc(F)cc1CC(=O)O. The molecular weight excluding hydrogens is 289 g/mol. The molecule has 120 valence electrons. The van der Waals surface area contributed by atoms with Crippen LogP contribution in [0.2, 0.25) is 0 Å². The molecule has 0 heterocycles. The van der Waals surface area contributed by atoms with Crippen molar-refractivity contribution in [3.8, 4) is 0 Å². The van der Waals surface area contributed by atoms with Gasteiger partial charge in [-0.25, -0.2) is 9.18 Å². The van der Waals surface area contributed by atoms with E-state index in [0.29, 0.717) is 11.1 Å². The van der Waals surface area contributed by atoms with Crippen molar-refractivity contribution in [2.45, 2.75) is 32.8 Å². The fourth-order valence-electron chi connectivity index (χ4n) is 1.70. The first-order valence-corrected chi connectivity index (χ1v) is 6.81. The Morgan fingerprint density at radius 3 is 2.64 bits per heavy atom. The molecule has 0 atom stereocenters. The Morgan fingerprint density at radius 2 is 2.05 bits per heavy atom. The first-order chi connectivity index (χ1) is 10.2. The van der Waals surface area contributed by atoms with E-state index in [2.05, 4.69) is 5.32 Å². The molecule has 5 nitrogen and oxygen atoms in total. The zero-order chi connectivity index (χ0) is 16.8. The second-order valence-corrected chi connectivity index (χ2v) is 5.70. The molecule has 0 fully saturated rings. The summed E-state index contributed by atoms with van der Waals surface area (Å²) in [6.45, 7) is 5.51. The van der Waals surface area contributed by atoms with Crippen LogP contribution in [0.25, 0.3) is 6.08 Å². The van der Waals surface area contributed by atoms with E-state index < -0.39 is 23.5 Å². The molecule has 0 aliphatic rings. The van der Waals surface area contributed by atoms with Crippen LogP contribution >= 0.6 is 0 Å². The molecule has 0 bridgehead atoms. The zero-order valence-electron chi connectivity index (χ0n) is 12.9. The molecule has 2 N–H and O–H groups in total. The van der Waals surface area contributed by atoms with Crippen LogP contribution in [-0.2, 0) is 16.0 Å². The predicted octanol–water partition coefficient (Wildman–Crippen LogP) is 2.99. The normalized spacial score (nSPS) is 11.5. The molecule has 1 amide bonds. The van der Waals surface area contributed by atoms with Gasteiger partial charge in [0.05, 0.1) is 6.42 Å². The number of hydrogen-bond acceptors (Lipinski definition) is 3. The average Bonchev–Trinajstić information content (AvgIpc) is 2.33. The van der Waals surface area contributed by atoms with Gasteiger partial charge in [0.15, 0.2) is 0 Å². The van der Waals surface area contributed by atoms with E-state index in [-0.39, 0.29) is 13.0 Å². The molecule has 0 saturated heterocycles. The molecule has 0 aliphatic carbocycles. The lowest BCUT2D eigenvalue weighted by molar-refractivity contribution is -0.136. The van der Waals surface area contributed by atoms with Crippen molar-refractivity contribution in [2.24, 2.45) is 0 Å². The molecule has 1 aromatic rings. The number of carbonyl (C=O) groups is 2. The van der Waals surface area contributed by atoms with Crippen molar-refractivity contribution in [1.29, 1.82) is 0 Å². The highest BCUT2D eigenvalue weighted by Gasteiger charge is 2.15. The van der Waals surface area contributed by atoms with Crippen LogP contribution in [0.4, 0.5) is 9.18 Å². The van der Waals surface area contributed by atoms with Crippen LogP contribution in [0.15, 0.2) is 24.3 Å². The Morgan fingerprint density at radius 1 is 1.36 bits per heavy atom. The third-order valence-corrected chi connectivity index (χ3v) is 2.51. The Labute approximate surface area is 128 Å². The lowest BCUT2D eigenvalue weighted by Crippen LogP contribution is -2.32. The summed E-state index contributed by atoms with van der Waals surface area (Å²) in [6, 6.07) is 3.94. The van der Waals surface area contributed by atoms with Crippen LogP contribution < -0.4 is 5.32 Å². The summed E-state index contributed by atoms with van der Waals surface area (Å²) in [4.78, 5) is 22.2. The van der Waals surface area contributed by atoms with E-state index in [0.717, 1.165) is 0 Å². The van der Waals surface area contributed by atoms with E-state index in [4.69, 9.17) is 9.84 Å². The van der Waals surface area contributed by atoms with Crippen molar-refractivity contribution < 1.29 is 23.8 Å². The maximum absolute atomic E-state index is 13.2. The smallest absolute Gasteiger partial charge is 0.407 e. The lowest BCUT2D eigenvalue weighted by Gasteiger charge is -2.19. The van der Waals surface area contributed by atoms with Gasteiger partial charge in [0.1, 0.15) is 11.4 Å². The number of benzene rings is 1. The van der Waals surface area contributed by atoms with Crippen LogP contribution in [0.3, 0.4) is 0 Å². The van der Waals surface area contributed by atoms with Crippen LogP contribution in [0.1, 0.15) is 31.9 Å². The number of amides is 1. The quantitative estimate of drug-likeness (QED) is 0.876. The number of rotatable bonds is 5. The first kappa shape index (κ1) is 17.7. The molecule has 6 heteroatoms. The minimum Gasteiger partial charge on any atom is -0.481 e. The highest BCUT2D eigenvalue weighted by molar-refractivity contribution is 5.73. The number of carboxylic acids is 1. The van der Waals surface area contributed by atoms with E-state index >= 15 is 0 Å². The Kier molecular flexibility index (Phi) is 6.10. The fraction of sp³-hybridized carbons (Fsp3) is 0.375. The van der Waals surface area contributed by atoms with E-state index in [1.165, 1.54) is 18.2 Å². The van der Waals surface area contributed by atoms with Crippen molar-refractivity contribution in [2.75, 3.05) is 6.54 Å². The minimum atomic E-state index is -1.04. The minimum absolute atomic E-state index is 0.221. The molecular formula is C16H20FNO4. The Hall–Kier alpha value is -2.37. The van der Waals surface area contributed by atoms with Gasteiger partial charge in [-0.15, -0.1) is 0 Å². The van der Waals surface area contributed by atoms with Gasteiger partial charge in [0, 0.05) is 6.54 Å². The molecule has 22 heavy (non-hydrogen) atoms. The molecule has 0 saturated carbocycles. The number of nitrogens with one attached hydrogen (secondary N) is 1. The van der Waals surface area contributed by atoms with Gasteiger partial charge in [-0.05, 0) is 44.0 Å². The largest absolute Gasteiger partial charge is 0.481 e. The molecule has 0 spiro atoms. The maximum atomic E-state index is 13.2. The average molecular weight is 309 g/mol. The number of aliphatic carboxylic acids is 1. The van der Waals surface area contributed by atoms with Gasteiger partial charge in [-0.2, -0.15) is 0 Å². The standard InChI is InChI=1S/C16H20FNO4/c1-16(2,3)22-15(21)18-8-4-5-11-6-7-13(17)9-12(11)10-14(19)20/h4-7,9H,8,10H2,1-3H3,(H,18,21)(H,19,20). The summed E-state index contributed by atoms with van der Waals surface area (Å²) in [5.74, 6) is -1.52. The van der Waals surface area contributed by atoms with E-state index in [9.17, 15) is 14.0 Å². The number of ether oxygens (including phenoxy) is 1. The van der Waals surface area contributed by atoms with Crippen LogP contribution in [-0.4, -0.2) is 29.3 Å². The van der Waals surface area contributed by atoms with Crippen molar-refractivity contribution >= 4 is 18.1 Å². The van der Waals surface area contributed by atoms with Crippen molar-refractivity contribution in [1.82, 2.24) is 5.32 Å². The summed E-state index contributed by atoms with van der Waals surface area (Å²) in [7, 11) is 0. The van der Waals surface area contributed by atoms with Crippen molar-refractivity contribution in [3.05, 3.63) is 41.2 Å². The fourth-order valence-corrected chi connectivity index (χ4v) is 1.70. The van der Waals surface area contributed by atoms with Crippen LogP contribution in [0.5, 0.6) is 0 Å². The van der Waals surface area contributed by atoms with E-state index in [1.54, 1.807) is 32.9 Å². The number of carboxylic acid groups (broad SMARTS) is 1. The molecule has 1 rings (SSSR count).